The third-order valence-electron chi connectivity index (χ3n) is 14.0. The van der Waals surface area contributed by atoms with Crippen molar-refractivity contribution in [2.24, 2.45) is 0 Å². The van der Waals surface area contributed by atoms with Crippen LogP contribution in [0.2, 0.25) is 0 Å². The molecule has 0 radical (unpaired) electrons. The van der Waals surface area contributed by atoms with Crippen LogP contribution >= 0.6 is 0 Å². The highest BCUT2D eigenvalue weighted by Gasteiger charge is 2.30. The van der Waals surface area contributed by atoms with E-state index in [2.05, 4.69) is 45.5 Å². The minimum absolute atomic E-state index is 0.0180. The zero-order valence-electron chi connectivity index (χ0n) is 53.5. The van der Waals surface area contributed by atoms with Crippen molar-refractivity contribution in [3.8, 4) is 11.1 Å². The summed E-state index contributed by atoms with van der Waals surface area (Å²) in [6, 6.07) is 15.5. The SMILES string of the molecule is CC(C)(C)OC(=O)CCCCCCCCCCCCCCCCCCC(=O)N[C@H](CCC(=O)NCCOCCOCC(=O)CCCOCCOCC(=O)NCCCCCNC(=O)OCC1c2ccccc2-c2ccccc21)C(=O)OC(C)(C)C.O=C=O. The van der Waals surface area contributed by atoms with Crippen LogP contribution in [0.25, 0.3) is 11.1 Å². The molecule has 3 rings (SSSR count). The maximum absolute atomic E-state index is 13.0. The molecule has 4 amide bonds. The number of fused-ring (bicyclic) bond motifs is 3. The number of hydrogen-bond acceptors (Lipinski definition) is 16. The van der Waals surface area contributed by atoms with E-state index in [9.17, 15) is 33.6 Å². The number of Topliss-reactive ketones (excluding diaryl/α,β-unsaturated/α-hetero) is 1. The summed E-state index contributed by atoms with van der Waals surface area (Å²) in [4.78, 5) is 103. The Morgan fingerprint density at radius 2 is 0.920 bits per heavy atom. The molecule has 0 saturated carbocycles. The van der Waals surface area contributed by atoms with Gasteiger partial charge in [0.25, 0.3) is 0 Å². The highest BCUT2D eigenvalue weighted by molar-refractivity contribution is 5.85. The van der Waals surface area contributed by atoms with E-state index in [0.29, 0.717) is 52.0 Å². The molecule has 87 heavy (non-hydrogen) atoms. The van der Waals surface area contributed by atoms with Crippen molar-refractivity contribution < 1.29 is 76.3 Å². The van der Waals surface area contributed by atoms with Crippen molar-refractivity contribution in [2.75, 3.05) is 79.1 Å². The molecule has 1 aliphatic rings. The Hall–Kier alpha value is -6.05. The monoisotopic (exact) mass is 1220 g/mol. The quantitative estimate of drug-likeness (QED) is 0.0272. The number of ketones is 1. The average molecular weight is 1220 g/mol. The van der Waals surface area contributed by atoms with Gasteiger partial charge in [-0.2, -0.15) is 9.59 Å². The average Bonchev–Trinajstić information content (AvgIpc) is 1.71. The van der Waals surface area contributed by atoms with Gasteiger partial charge in [0.2, 0.25) is 17.7 Å². The van der Waals surface area contributed by atoms with Gasteiger partial charge in [-0.05, 0) is 109 Å². The van der Waals surface area contributed by atoms with E-state index >= 15 is 0 Å². The third kappa shape index (κ3) is 40.9. The molecule has 1 atom stereocenters. The zero-order valence-corrected chi connectivity index (χ0v) is 53.5. The normalized spacial score (nSPS) is 12.1. The molecule has 20 nitrogen and oxygen atoms in total. The summed E-state index contributed by atoms with van der Waals surface area (Å²) < 4.78 is 38.4. The molecular formula is C67H106N4O16. The van der Waals surface area contributed by atoms with Gasteiger partial charge in [-0.3, -0.25) is 24.0 Å². The van der Waals surface area contributed by atoms with Crippen LogP contribution in [0.1, 0.15) is 219 Å². The first kappa shape index (κ1) is 77.0. The second-order valence-electron chi connectivity index (χ2n) is 24.0. The summed E-state index contributed by atoms with van der Waals surface area (Å²) in [7, 11) is 0. The molecular weight excluding hydrogens is 1120 g/mol. The van der Waals surface area contributed by atoms with Crippen LogP contribution in [0.5, 0.6) is 0 Å². The van der Waals surface area contributed by atoms with Crippen LogP contribution in [0.4, 0.5) is 4.79 Å². The molecule has 0 saturated heterocycles. The van der Waals surface area contributed by atoms with E-state index in [1.54, 1.807) is 20.8 Å². The number of alkyl carbamates (subject to hydrolysis) is 1. The lowest BCUT2D eigenvalue weighted by Crippen LogP contribution is -2.44. The molecule has 4 N–H and O–H groups in total. The number of carbonyl (C=O) groups is 7. The van der Waals surface area contributed by atoms with Crippen LogP contribution < -0.4 is 21.3 Å². The minimum Gasteiger partial charge on any atom is -0.460 e. The molecule has 0 unspecified atom stereocenters. The van der Waals surface area contributed by atoms with E-state index in [1.165, 1.54) is 86.5 Å². The highest BCUT2D eigenvalue weighted by Crippen LogP contribution is 2.44. The van der Waals surface area contributed by atoms with Crippen LogP contribution in [0.3, 0.4) is 0 Å². The summed E-state index contributed by atoms with van der Waals surface area (Å²) >= 11 is 0. The predicted molar refractivity (Wildman–Crippen MR) is 331 cm³/mol. The van der Waals surface area contributed by atoms with Crippen molar-refractivity contribution in [1.82, 2.24) is 21.3 Å². The number of rotatable bonds is 49. The van der Waals surface area contributed by atoms with Crippen LogP contribution in [0, 0.1) is 0 Å². The molecule has 0 fully saturated rings. The highest BCUT2D eigenvalue weighted by atomic mass is 16.6. The molecule has 2 aromatic carbocycles. The Labute approximate surface area is 518 Å². The smallest absolute Gasteiger partial charge is 0.407 e. The van der Waals surface area contributed by atoms with Crippen LogP contribution in [-0.2, 0) is 71.5 Å². The van der Waals surface area contributed by atoms with Crippen molar-refractivity contribution >= 4 is 47.7 Å². The molecule has 0 spiro atoms. The lowest BCUT2D eigenvalue weighted by atomic mass is 9.98. The van der Waals surface area contributed by atoms with Gasteiger partial charge >= 0.3 is 24.2 Å². The van der Waals surface area contributed by atoms with Crippen molar-refractivity contribution in [3.05, 3.63) is 59.7 Å². The Kier molecular flexibility index (Phi) is 42.5. The second-order valence-corrected chi connectivity index (χ2v) is 24.0. The maximum Gasteiger partial charge on any atom is 0.407 e. The fourth-order valence-corrected chi connectivity index (χ4v) is 9.72. The van der Waals surface area contributed by atoms with E-state index in [4.69, 9.17) is 42.7 Å². The predicted octanol–water partition coefficient (Wildman–Crippen LogP) is 10.7. The molecule has 0 bridgehead atoms. The topological polar surface area (TPSA) is 266 Å². The van der Waals surface area contributed by atoms with Gasteiger partial charge in [-0.25, -0.2) is 9.59 Å². The van der Waals surface area contributed by atoms with Gasteiger partial charge in [0.1, 0.15) is 37.1 Å². The van der Waals surface area contributed by atoms with Crippen LogP contribution in [-0.4, -0.2) is 144 Å². The lowest BCUT2D eigenvalue weighted by molar-refractivity contribution is -0.192. The second kappa shape index (κ2) is 47.9. The Morgan fingerprint density at radius 1 is 0.460 bits per heavy atom. The number of esters is 2. The number of carbonyl (C=O) groups excluding carboxylic acids is 9. The lowest BCUT2D eigenvalue weighted by Gasteiger charge is -2.24. The first-order chi connectivity index (χ1) is 41.8. The maximum atomic E-state index is 13.0. The van der Waals surface area contributed by atoms with Gasteiger partial charge in [0.15, 0.2) is 5.78 Å². The molecule has 0 aliphatic heterocycles. The van der Waals surface area contributed by atoms with Crippen molar-refractivity contribution in [2.45, 2.75) is 225 Å². The molecule has 0 heterocycles. The van der Waals surface area contributed by atoms with Gasteiger partial charge in [-0.15, -0.1) is 0 Å². The Balaban J connectivity index is 0.00000842. The van der Waals surface area contributed by atoms with Gasteiger partial charge in [0, 0.05) is 57.8 Å². The number of unbranched alkanes of at least 4 members (excludes halogenated alkanes) is 17. The van der Waals surface area contributed by atoms with Gasteiger partial charge in [-0.1, -0.05) is 138 Å². The number of ether oxygens (including phenoxy) is 7. The van der Waals surface area contributed by atoms with E-state index in [0.717, 1.165) is 57.8 Å². The molecule has 1 aliphatic carbocycles. The van der Waals surface area contributed by atoms with Crippen molar-refractivity contribution in [3.63, 3.8) is 0 Å². The summed E-state index contributed by atoms with van der Waals surface area (Å²) in [6.45, 7) is 14.0. The number of amides is 4. The number of hydrogen-bond donors (Lipinski definition) is 4. The van der Waals surface area contributed by atoms with Gasteiger partial charge in [0.05, 0.1) is 33.0 Å². The Morgan fingerprint density at radius 3 is 1.47 bits per heavy atom. The summed E-state index contributed by atoms with van der Waals surface area (Å²) in [6.07, 6.45) is 22.4. The zero-order chi connectivity index (χ0) is 63.8. The number of nitrogens with one attached hydrogen (secondary N) is 4. The van der Waals surface area contributed by atoms with Crippen LogP contribution in [0.15, 0.2) is 48.5 Å². The molecule has 20 heteroatoms. The fraction of sp³-hybridized carbons (Fsp3) is 0.701. The van der Waals surface area contributed by atoms with E-state index in [-0.39, 0.29) is 107 Å². The summed E-state index contributed by atoms with van der Waals surface area (Å²) in [5.74, 6) is -1.42. The molecule has 490 valence electrons. The van der Waals surface area contributed by atoms with Crippen molar-refractivity contribution in [1.29, 1.82) is 0 Å². The third-order valence-corrected chi connectivity index (χ3v) is 14.0. The Bertz CT molecular complexity index is 2250. The fourth-order valence-electron chi connectivity index (χ4n) is 9.72. The van der Waals surface area contributed by atoms with E-state index in [1.807, 2.05) is 45.0 Å². The summed E-state index contributed by atoms with van der Waals surface area (Å²) in [5.41, 5.74) is 3.57. The van der Waals surface area contributed by atoms with Gasteiger partial charge < -0.3 is 54.4 Å². The van der Waals surface area contributed by atoms with E-state index < -0.39 is 29.3 Å². The standard InChI is InChI=1S/C66H106N4O14.CO2/c1-65(2,3)83-62(75)37-23-20-18-16-14-12-10-8-7-9-11-13-15-17-19-22-36-60(73)70-58(63(76)84-66(4,5)6)38-39-59(72)68-42-44-79-46-47-80-49-52(71)31-30-43-78-45-48-81-51-61(74)67-40-28-21-29-41-69-64(77)82-50-57-55-34-26-24-32-53(55)54-33-25-27-35-56(54)57;2-1-3/h24-27,32-35,57-58H,7-23,28-31,36-51H2,1-6H3,(H,67,74)(H,68,72)(H,69,77)(H,70,73);/t58-;/m1./s1. The summed E-state index contributed by atoms with van der Waals surface area (Å²) in [5, 5.41) is 11.2. The molecule has 0 aromatic heterocycles. The largest absolute Gasteiger partial charge is 0.460 e. The molecule has 2 aromatic rings. The minimum atomic E-state index is -0.933. The first-order valence-corrected chi connectivity index (χ1v) is 32.0. The number of benzene rings is 2. The first-order valence-electron chi connectivity index (χ1n) is 32.0.